The average molecular weight is 536 g/mol. The number of fused-ring (bicyclic) bond motifs is 1. The highest BCUT2D eigenvalue weighted by Gasteiger charge is 2.50. The van der Waals surface area contributed by atoms with Gasteiger partial charge in [0, 0.05) is 56.0 Å². The predicted octanol–water partition coefficient (Wildman–Crippen LogP) is 3.34. The first kappa shape index (κ1) is 26.1. The maximum Gasteiger partial charge on any atom is 0.410 e. The summed E-state index contributed by atoms with van der Waals surface area (Å²) in [5.41, 5.74) is 3.67. The number of nitrogens with zero attached hydrogens (tertiary/aromatic N) is 3. The summed E-state index contributed by atoms with van der Waals surface area (Å²) in [5, 5.41) is 6.14. The molecule has 9 heteroatoms. The van der Waals surface area contributed by atoms with Crippen LogP contribution in [0.1, 0.15) is 78.1 Å². The van der Waals surface area contributed by atoms with Gasteiger partial charge in [-0.15, -0.1) is 11.6 Å². The zero-order valence-corrected chi connectivity index (χ0v) is 23.4. The Morgan fingerprint density at radius 1 is 1.03 bits per heavy atom. The molecule has 3 heterocycles. The SMILES string of the molecule is CC(=O)N1C2CCC(C3CNN(C4CC4)C3)CC2N(C(=O)OC2CCC(Cl)C3(CCCNC3)C2)C[C@@H]1C. The lowest BCUT2D eigenvalue weighted by Crippen LogP contribution is -2.67. The largest absolute Gasteiger partial charge is 0.446 e. The Balaban J connectivity index is 1.15. The van der Waals surface area contributed by atoms with E-state index in [1.54, 1.807) is 6.92 Å². The van der Waals surface area contributed by atoms with Crippen LogP contribution in [0.5, 0.6) is 0 Å². The Bertz CT molecular complexity index is 865. The van der Waals surface area contributed by atoms with Crippen LogP contribution in [0.4, 0.5) is 4.79 Å². The van der Waals surface area contributed by atoms with Gasteiger partial charge in [0.05, 0.1) is 12.1 Å². The summed E-state index contributed by atoms with van der Waals surface area (Å²) in [6.45, 7) is 8.44. The van der Waals surface area contributed by atoms with Crippen LogP contribution in [-0.4, -0.2) is 95.2 Å². The predicted molar refractivity (Wildman–Crippen MR) is 143 cm³/mol. The second-order valence-electron chi connectivity index (χ2n) is 13.0. The van der Waals surface area contributed by atoms with Gasteiger partial charge in [0.15, 0.2) is 0 Å². The van der Waals surface area contributed by atoms with Crippen molar-refractivity contribution in [3.05, 3.63) is 0 Å². The molecule has 3 aliphatic heterocycles. The molecule has 3 aliphatic carbocycles. The van der Waals surface area contributed by atoms with Crippen molar-refractivity contribution in [2.45, 2.75) is 114 Å². The van der Waals surface area contributed by atoms with E-state index in [-0.39, 0.29) is 47.0 Å². The molecule has 37 heavy (non-hydrogen) atoms. The average Bonchev–Trinajstić information content (AvgIpc) is 3.62. The van der Waals surface area contributed by atoms with Crippen LogP contribution in [0, 0.1) is 17.3 Å². The van der Waals surface area contributed by atoms with Crippen molar-refractivity contribution in [1.29, 1.82) is 0 Å². The van der Waals surface area contributed by atoms with E-state index in [0.29, 0.717) is 18.4 Å². The number of ether oxygens (including phenoxy) is 1. The molecule has 8 nitrogen and oxygen atoms in total. The monoisotopic (exact) mass is 535 g/mol. The molecule has 0 aromatic heterocycles. The van der Waals surface area contributed by atoms with Gasteiger partial charge < -0.3 is 19.9 Å². The number of hydrazine groups is 1. The number of carbonyl (C=O) groups is 2. The summed E-state index contributed by atoms with van der Waals surface area (Å²) >= 11 is 6.83. The molecule has 7 unspecified atom stereocenters. The second kappa shape index (κ2) is 10.5. The molecule has 6 fully saturated rings. The van der Waals surface area contributed by atoms with Crippen molar-refractivity contribution in [3.63, 3.8) is 0 Å². The van der Waals surface area contributed by atoms with Gasteiger partial charge >= 0.3 is 6.09 Å². The lowest BCUT2D eigenvalue weighted by molar-refractivity contribution is -0.143. The number of amides is 2. The molecule has 0 radical (unpaired) electrons. The van der Waals surface area contributed by atoms with E-state index in [4.69, 9.17) is 16.3 Å². The summed E-state index contributed by atoms with van der Waals surface area (Å²) in [7, 11) is 0. The number of halogens is 1. The molecule has 6 aliphatic rings. The maximum atomic E-state index is 13.8. The van der Waals surface area contributed by atoms with Crippen molar-refractivity contribution >= 4 is 23.6 Å². The number of hydrogen-bond acceptors (Lipinski definition) is 6. The highest BCUT2D eigenvalue weighted by atomic mass is 35.5. The standard InChI is InChI=1S/C28H46ClN5O3/c1-18-15-32(27(36)37-23-7-9-26(29)28(13-23)10-3-11-30-17-28)25-12-20(4-8-24(25)34(18)19(2)35)21-14-31-33(16-21)22-5-6-22/h18,20-26,30-31H,3-17H2,1-2H3/t18-,20?,21?,23?,24?,25?,26?,28?/m0/s1. The summed E-state index contributed by atoms with van der Waals surface area (Å²) in [4.78, 5) is 30.6. The third kappa shape index (κ3) is 5.12. The van der Waals surface area contributed by atoms with Crippen molar-refractivity contribution in [1.82, 2.24) is 25.6 Å². The zero-order chi connectivity index (χ0) is 25.7. The number of piperazine rings is 1. The molecule has 8 atom stereocenters. The number of carbonyl (C=O) groups excluding carboxylic acids is 2. The molecule has 1 spiro atoms. The van der Waals surface area contributed by atoms with Crippen LogP contribution in [-0.2, 0) is 9.53 Å². The van der Waals surface area contributed by atoms with Gasteiger partial charge in [0.2, 0.25) is 5.91 Å². The highest BCUT2D eigenvalue weighted by Crippen LogP contribution is 2.46. The Hall–Kier alpha value is -1.09. The second-order valence-corrected chi connectivity index (χ2v) is 13.6. The molecule has 0 aromatic rings. The zero-order valence-electron chi connectivity index (χ0n) is 22.7. The lowest BCUT2D eigenvalue weighted by Gasteiger charge is -2.54. The Labute approximate surface area is 227 Å². The molecule has 2 N–H and O–H groups in total. The minimum absolute atomic E-state index is 0.00817. The van der Waals surface area contributed by atoms with Gasteiger partial charge in [-0.3, -0.25) is 10.2 Å². The van der Waals surface area contributed by atoms with Crippen LogP contribution in [0.2, 0.25) is 0 Å². The molecular formula is C28H46ClN5O3. The van der Waals surface area contributed by atoms with Gasteiger partial charge in [-0.1, -0.05) is 0 Å². The van der Waals surface area contributed by atoms with Gasteiger partial charge in [-0.2, -0.15) is 0 Å². The number of rotatable bonds is 3. The van der Waals surface area contributed by atoms with E-state index >= 15 is 0 Å². The summed E-state index contributed by atoms with van der Waals surface area (Å²) in [6.07, 6.45) is 10.3. The number of hydrogen-bond donors (Lipinski definition) is 2. The first-order chi connectivity index (χ1) is 17.8. The first-order valence-corrected chi connectivity index (χ1v) is 15.4. The molecule has 2 amide bonds. The van der Waals surface area contributed by atoms with Crippen LogP contribution >= 0.6 is 11.6 Å². The van der Waals surface area contributed by atoms with Crippen LogP contribution in [0.3, 0.4) is 0 Å². The molecule has 0 bridgehead atoms. The van der Waals surface area contributed by atoms with Gasteiger partial charge in [-0.05, 0) is 89.5 Å². The van der Waals surface area contributed by atoms with Gasteiger partial charge in [0.25, 0.3) is 0 Å². The molecule has 0 aromatic carbocycles. The molecule has 3 saturated carbocycles. The summed E-state index contributed by atoms with van der Waals surface area (Å²) in [6, 6.07) is 0.860. The normalized spacial score (nSPS) is 43.1. The maximum absolute atomic E-state index is 13.8. The van der Waals surface area contributed by atoms with Crippen LogP contribution in [0.15, 0.2) is 0 Å². The highest BCUT2D eigenvalue weighted by molar-refractivity contribution is 6.21. The van der Waals surface area contributed by atoms with E-state index in [1.807, 2.05) is 4.90 Å². The summed E-state index contributed by atoms with van der Waals surface area (Å²) in [5.74, 6) is 1.31. The number of piperidine rings is 1. The van der Waals surface area contributed by atoms with E-state index in [2.05, 4.69) is 27.6 Å². The topological polar surface area (TPSA) is 77.2 Å². The van der Waals surface area contributed by atoms with E-state index in [9.17, 15) is 9.59 Å². The van der Waals surface area contributed by atoms with Crippen LogP contribution < -0.4 is 10.7 Å². The first-order valence-electron chi connectivity index (χ1n) is 15.0. The lowest BCUT2D eigenvalue weighted by atomic mass is 9.68. The van der Waals surface area contributed by atoms with Crippen LogP contribution in [0.25, 0.3) is 0 Å². The molecule has 208 valence electrons. The van der Waals surface area contributed by atoms with Gasteiger partial charge in [-0.25, -0.2) is 9.80 Å². The molecule has 6 rings (SSSR count). The van der Waals surface area contributed by atoms with E-state index in [1.165, 1.54) is 12.8 Å². The van der Waals surface area contributed by atoms with Crippen molar-refractivity contribution < 1.29 is 14.3 Å². The Morgan fingerprint density at radius 2 is 1.86 bits per heavy atom. The Morgan fingerprint density at radius 3 is 2.59 bits per heavy atom. The fourth-order valence-electron chi connectivity index (χ4n) is 8.50. The number of alkyl halides is 1. The van der Waals surface area contributed by atoms with E-state index in [0.717, 1.165) is 83.6 Å². The summed E-state index contributed by atoms with van der Waals surface area (Å²) < 4.78 is 6.29. The minimum Gasteiger partial charge on any atom is -0.446 e. The third-order valence-electron chi connectivity index (χ3n) is 10.6. The minimum atomic E-state index is -0.174. The smallest absolute Gasteiger partial charge is 0.410 e. The third-order valence-corrected chi connectivity index (χ3v) is 11.2. The van der Waals surface area contributed by atoms with Crippen molar-refractivity contribution in [2.75, 3.05) is 32.7 Å². The fraction of sp³-hybridized carbons (Fsp3) is 0.929. The van der Waals surface area contributed by atoms with Gasteiger partial charge in [0.1, 0.15) is 6.10 Å². The number of nitrogens with one attached hydrogen (secondary N) is 2. The fourth-order valence-corrected chi connectivity index (χ4v) is 8.90. The van der Waals surface area contributed by atoms with E-state index < -0.39 is 0 Å². The van der Waals surface area contributed by atoms with Crippen molar-refractivity contribution in [2.24, 2.45) is 17.3 Å². The molecule has 3 saturated heterocycles. The quantitative estimate of drug-likeness (QED) is 0.540. The molecular weight excluding hydrogens is 490 g/mol. The Kier molecular flexibility index (Phi) is 7.40. The van der Waals surface area contributed by atoms with Crippen molar-refractivity contribution in [3.8, 4) is 0 Å².